The summed E-state index contributed by atoms with van der Waals surface area (Å²) >= 11 is 2.63. The van der Waals surface area contributed by atoms with Crippen LogP contribution in [-0.4, -0.2) is 15.1 Å². The van der Waals surface area contributed by atoms with Gasteiger partial charge >= 0.3 is 0 Å². The number of nitrogens with zero attached hydrogens (tertiary/aromatic N) is 3. The second-order valence-corrected chi connectivity index (χ2v) is 3.52. The highest BCUT2D eigenvalue weighted by Crippen LogP contribution is 2.17. The summed E-state index contributed by atoms with van der Waals surface area (Å²) in [6, 6.07) is 2.04. The second-order valence-electron chi connectivity index (χ2n) is 1.67. The minimum Gasteiger partial charge on any atom is -0.374 e. The topological polar surface area (TPSA) is 75.6 Å². The van der Waals surface area contributed by atoms with E-state index in [1.54, 1.807) is 0 Å². The number of hydrogen-bond acceptors (Lipinski definition) is 6. The van der Waals surface area contributed by atoms with Crippen LogP contribution in [0.25, 0.3) is 0 Å². The van der Waals surface area contributed by atoms with Crippen LogP contribution in [0, 0.1) is 11.3 Å². The van der Waals surface area contributed by atoms with E-state index in [0.29, 0.717) is 16.7 Å². The van der Waals surface area contributed by atoms with Crippen molar-refractivity contribution in [3.8, 4) is 6.07 Å². The molecule has 1 heterocycles. The van der Waals surface area contributed by atoms with E-state index in [9.17, 15) is 0 Å². The number of nitrogens with two attached hydrogens (primary N) is 1. The lowest BCUT2D eigenvalue weighted by atomic mass is 10.6. The molecule has 58 valence electrons. The predicted octanol–water partition coefficient (Wildman–Crippen LogP) is 1.13. The van der Waals surface area contributed by atoms with Gasteiger partial charge in [0.25, 0.3) is 0 Å². The summed E-state index contributed by atoms with van der Waals surface area (Å²) in [5.74, 6) is 0.729. The highest BCUT2D eigenvalue weighted by molar-refractivity contribution is 7.99. The molecule has 1 rings (SSSR count). The fraction of sp³-hybridized carbons (Fsp3) is 0.400. The molecule has 1 aromatic heterocycles. The van der Waals surface area contributed by atoms with Gasteiger partial charge in [0.2, 0.25) is 10.3 Å². The Labute approximate surface area is 72.6 Å². The van der Waals surface area contributed by atoms with Gasteiger partial charge in [0.1, 0.15) is 0 Å². The van der Waals surface area contributed by atoms with E-state index >= 15 is 0 Å². The summed E-state index contributed by atoms with van der Waals surface area (Å²) < 4.78 is 3.95. The van der Waals surface area contributed by atoms with Gasteiger partial charge in [-0.3, -0.25) is 0 Å². The van der Waals surface area contributed by atoms with Crippen molar-refractivity contribution in [2.75, 3.05) is 11.5 Å². The zero-order valence-corrected chi connectivity index (χ0v) is 7.28. The van der Waals surface area contributed by atoms with Crippen molar-refractivity contribution in [3.05, 3.63) is 0 Å². The fourth-order valence-electron chi connectivity index (χ4n) is 0.467. The van der Waals surface area contributed by atoms with Gasteiger partial charge in [-0.2, -0.15) is 14.6 Å². The van der Waals surface area contributed by atoms with Crippen LogP contribution in [0.5, 0.6) is 0 Å². The quantitative estimate of drug-likeness (QED) is 0.565. The Morgan fingerprint density at radius 3 is 3.09 bits per heavy atom. The van der Waals surface area contributed by atoms with Gasteiger partial charge in [0.05, 0.1) is 6.07 Å². The number of nitrogen functional groups attached to an aromatic ring is 1. The van der Waals surface area contributed by atoms with E-state index in [0.717, 1.165) is 5.75 Å². The van der Waals surface area contributed by atoms with Gasteiger partial charge in [-0.25, -0.2) is 0 Å². The Bertz CT molecular complexity index is 264. The summed E-state index contributed by atoms with van der Waals surface area (Å²) in [6.07, 6.45) is 0.518. The molecule has 0 aliphatic heterocycles. The molecular formula is C5H6N4S2. The summed E-state index contributed by atoms with van der Waals surface area (Å²) in [4.78, 5) is 3.92. The molecule has 11 heavy (non-hydrogen) atoms. The molecule has 0 bridgehead atoms. The molecule has 0 spiro atoms. The number of rotatable bonds is 3. The number of hydrogen-bond donors (Lipinski definition) is 1. The van der Waals surface area contributed by atoms with E-state index in [2.05, 4.69) is 9.36 Å². The largest absolute Gasteiger partial charge is 0.374 e. The van der Waals surface area contributed by atoms with Gasteiger partial charge < -0.3 is 5.73 Å². The Kier molecular flexibility index (Phi) is 3.14. The van der Waals surface area contributed by atoms with Gasteiger partial charge in [-0.05, 0) is 0 Å². The molecule has 0 atom stereocenters. The lowest BCUT2D eigenvalue weighted by Crippen LogP contribution is -1.82. The Morgan fingerprint density at radius 1 is 1.73 bits per heavy atom. The lowest BCUT2D eigenvalue weighted by Gasteiger charge is -1.87. The molecule has 0 fully saturated rings. The van der Waals surface area contributed by atoms with Crippen molar-refractivity contribution >= 4 is 28.4 Å². The molecule has 1 aromatic rings. The van der Waals surface area contributed by atoms with Crippen molar-refractivity contribution in [1.82, 2.24) is 9.36 Å². The monoisotopic (exact) mass is 186 g/mol. The molecule has 0 aromatic carbocycles. The molecule has 0 saturated carbocycles. The summed E-state index contributed by atoms with van der Waals surface area (Å²) in [7, 11) is 0. The number of thioether (sulfide) groups is 1. The summed E-state index contributed by atoms with van der Waals surface area (Å²) in [5.41, 5.74) is 5.35. The average Bonchev–Trinajstić information content (AvgIpc) is 2.37. The molecule has 0 amide bonds. The molecular weight excluding hydrogens is 180 g/mol. The molecule has 4 nitrogen and oxygen atoms in total. The first kappa shape index (κ1) is 8.30. The molecule has 0 radical (unpaired) electrons. The van der Waals surface area contributed by atoms with Crippen LogP contribution in [0.4, 0.5) is 5.13 Å². The van der Waals surface area contributed by atoms with Crippen LogP contribution in [0.1, 0.15) is 6.42 Å². The van der Waals surface area contributed by atoms with Gasteiger partial charge in [-0.15, -0.1) is 0 Å². The zero-order chi connectivity index (χ0) is 8.10. The summed E-state index contributed by atoms with van der Waals surface area (Å²) in [5, 5.41) is 9.37. The maximum absolute atomic E-state index is 8.22. The lowest BCUT2D eigenvalue weighted by molar-refractivity contribution is 1.08. The molecule has 0 saturated heterocycles. The van der Waals surface area contributed by atoms with Crippen LogP contribution >= 0.6 is 23.3 Å². The summed E-state index contributed by atoms with van der Waals surface area (Å²) in [6.45, 7) is 0. The van der Waals surface area contributed by atoms with Crippen LogP contribution in [0.3, 0.4) is 0 Å². The van der Waals surface area contributed by atoms with Gasteiger partial charge in [-0.1, -0.05) is 11.8 Å². The van der Waals surface area contributed by atoms with Crippen LogP contribution in [0.15, 0.2) is 5.16 Å². The first-order valence-electron chi connectivity index (χ1n) is 2.92. The normalized spacial score (nSPS) is 9.36. The van der Waals surface area contributed by atoms with Crippen LogP contribution < -0.4 is 5.73 Å². The van der Waals surface area contributed by atoms with E-state index in [4.69, 9.17) is 11.0 Å². The van der Waals surface area contributed by atoms with Crippen molar-refractivity contribution in [1.29, 1.82) is 5.26 Å². The van der Waals surface area contributed by atoms with E-state index in [-0.39, 0.29) is 0 Å². The fourth-order valence-corrected chi connectivity index (χ4v) is 1.73. The maximum Gasteiger partial charge on any atom is 0.202 e. The zero-order valence-electron chi connectivity index (χ0n) is 5.65. The number of nitriles is 1. The number of aromatic nitrogens is 2. The third kappa shape index (κ3) is 2.74. The Morgan fingerprint density at radius 2 is 2.55 bits per heavy atom. The first-order valence-corrected chi connectivity index (χ1v) is 4.68. The highest BCUT2D eigenvalue weighted by Gasteiger charge is 1.99. The van der Waals surface area contributed by atoms with Crippen molar-refractivity contribution in [3.63, 3.8) is 0 Å². The van der Waals surface area contributed by atoms with Crippen LogP contribution in [-0.2, 0) is 0 Å². The SMILES string of the molecule is N#CCCSc1nsc(N)n1. The number of anilines is 1. The minimum absolute atomic E-state index is 0.476. The smallest absolute Gasteiger partial charge is 0.202 e. The van der Waals surface area contributed by atoms with Crippen LogP contribution in [0.2, 0.25) is 0 Å². The van der Waals surface area contributed by atoms with Gasteiger partial charge in [0.15, 0.2) is 0 Å². The minimum atomic E-state index is 0.476. The third-order valence-corrected chi connectivity index (χ3v) is 2.38. The third-order valence-electron chi connectivity index (χ3n) is 0.868. The predicted molar refractivity (Wildman–Crippen MR) is 45.3 cm³/mol. The van der Waals surface area contributed by atoms with Crippen molar-refractivity contribution in [2.45, 2.75) is 11.6 Å². The molecule has 0 unspecified atom stereocenters. The molecule has 6 heteroatoms. The van der Waals surface area contributed by atoms with Gasteiger partial charge in [0, 0.05) is 23.7 Å². The first-order chi connectivity index (χ1) is 5.33. The molecule has 0 aliphatic carbocycles. The maximum atomic E-state index is 8.22. The highest BCUT2D eigenvalue weighted by atomic mass is 32.2. The Hall–Kier alpha value is -0.800. The Balaban J connectivity index is 2.34. The molecule has 0 aliphatic rings. The van der Waals surface area contributed by atoms with Crippen molar-refractivity contribution < 1.29 is 0 Å². The second kappa shape index (κ2) is 4.16. The molecule has 2 N–H and O–H groups in total. The van der Waals surface area contributed by atoms with E-state index < -0.39 is 0 Å². The average molecular weight is 186 g/mol. The van der Waals surface area contributed by atoms with E-state index in [1.807, 2.05) is 6.07 Å². The standard InChI is InChI=1S/C5H6N4S2/c6-2-1-3-10-5-8-4(7)11-9-5/h1,3H2,(H2,7,8,9). The van der Waals surface area contributed by atoms with Crippen molar-refractivity contribution in [2.24, 2.45) is 0 Å². The van der Waals surface area contributed by atoms with E-state index in [1.165, 1.54) is 23.3 Å².